The minimum atomic E-state index is -1.35. The fraction of sp³-hybridized carbons (Fsp3) is 0.429. The molecule has 1 fully saturated rings. The number of aliphatic hydroxyl groups excluding tert-OH is 3. The number of non-ortho nitro benzene ring substituents is 1. The van der Waals surface area contributed by atoms with Crippen molar-refractivity contribution in [1.82, 2.24) is 15.0 Å². The van der Waals surface area contributed by atoms with E-state index in [0.717, 1.165) is 0 Å². The van der Waals surface area contributed by atoms with Crippen LogP contribution in [0.1, 0.15) is 11.9 Å². The van der Waals surface area contributed by atoms with E-state index in [-0.39, 0.29) is 18.9 Å². The van der Waals surface area contributed by atoms with Crippen molar-refractivity contribution in [3.63, 3.8) is 0 Å². The molecule has 0 spiro atoms. The highest BCUT2D eigenvalue weighted by molar-refractivity contribution is 5.35. The molecule has 1 aliphatic rings. The summed E-state index contributed by atoms with van der Waals surface area (Å²) in [4.78, 5) is 10.1. The number of ether oxygens (including phenoxy) is 2. The zero-order valence-corrected chi connectivity index (χ0v) is 12.9. The van der Waals surface area contributed by atoms with Gasteiger partial charge in [-0.15, -0.1) is 5.10 Å². The van der Waals surface area contributed by atoms with Crippen molar-refractivity contribution in [2.75, 3.05) is 6.61 Å². The number of hydrogen-bond donors (Lipinski definition) is 3. The zero-order valence-electron chi connectivity index (χ0n) is 12.9. The summed E-state index contributed by atoms with van der Waals surface area (Å²) in [6.45, 7) is -0.0941. The zero-order chi connectivity index (χ0) is 18.0. The molecule has 11 heteroatoms. The maximum Gasteiger partial charge on any atom is 0.269 e. The van der Waals surface area contributed by atoms with Crippen LogP contribution in [-0.2, 0) is 11.3 Å². The Morgan fingerprint density at radius 3 is 2.68 bits per heavy atom. The number of benzene rings is 1. The van der Waals surface area contributed by atoms with Gasteiger partial charge in [-0.3, -0.25) is 10.1 Å². The molecule has 2 aromatic rings. The van der Waals surface area contributed by atoms with Crippen molar-refractivity contribution in [2.45, 2.75) is 31.1 Å². The molecule has 1 aromatic heterocycles. The van der Waals surface area contributed by atoms with Gasteiger partial charge in [0, 0.05) is 12.1 Å². The number of hydrogen-bond acceptors (Lipinski definition) is 9. The van der Waals surface area contributed by atoms with Gasteiger partial charge in [0.1, 0.15) is 36.4 Å². The van der Waals surface area contributed by atoms with Crippen LogP contribution in [0.5, 0.6) is 5.75 Å². The normalized spacial score (nSPS) is 26.4. The molecule has 0 radical (unpaired) electrons. The first kappa shape index (κ1) is 17.2. The Labute approximate surface area is 141 Å². The van der Waals surface area contributed by atoms with Crippen LogP contribution in [0, 0.1) is 10.1 Å². The maximum absolute atomic E-state index is 10.6. The lowest BCUT2D eigenvalue weighted by Crippen LogP contribution is -2.50. The quantitative estimate of drug-likeness (QED) is 0.472. The van der Waals surface area contributed by atoms with Crippen LogP contribution >= 0.6 is 0 Å². The Morgan fingerprint density at radius 2 is 2.00 bits per heavy atom. The van der Waals surface area contributed by atoms with Gasteiger partial charge < -0.3 is 24.8 Å². The second kappa shape index (κ2) is 7.11. The molecule has 3 N–H and O–H groups in total. The molecule has 0 unspecified atom stereocenters. The summed E-state index contributed by atoms with van der Waals surface area (Å²) in [7, 11) is 0. The van der Waals surface area contributed by atoms with E-state index < -0.39 is 29.5 Å². The topological polar surface area (TPSA) is 153 Å². The van der Waals surface area contributed by atoms with Crippen LogP contribution in [0.25, 0.3) is 0 Å². The molecule has 1 saturated heterocycles. The molecule has 0 bridgehead atoms. The third kappa shape index (κ3) is 3.74. The van der Waals surface area contributed by atoms with Gasteiger partial charge in [0.05, 0.1) is 17.7 Å². The van der Waals surface area contributed by atoms with Gasteiger partial charge in [-0.25, -0.2) is 4.68 Å². The highest BCUT2D eigenvalue weighted by Crippen LogP contribution is 2.24. The lowest BCUT2D eigenvalue weighted by atomic mass is 10.0. The van der Waals surface area contributed by atoms with Crippen molar-refractivity contribution in [3.8, 4) is 5.75 Å². The predicted octanol–water partition coefficient (Wildman–Crippen LogP) is -0.623. The Hall–Kier alpha value is -2.60. The monoisotopic (exact) mass is 352 g/mol. The van der Waals surface area contributed by atoms with E-state index in [1.165, 1.54) is 35.1 Å². The molecule has 0 amide bonds. The van der Waals surface area contributed by atoms with E-state index in [4.69, 9.17) is 9.47 Å². The lowest BCUT2D eigenvalue weighted by molar-refractivity contribution is -0.384. The first-order chi connectivity index (χ1) is 12.0. The Bertz CT molecular complexity index is 735. The van der Waals surface area contributed by atoms with Gasteiger partial charge >= 0.3 is 0 Å². The fourth-order valence-electron chi connectivity index (χ4n) is 2.35. The van der Waals surface area contributed by atoms with Gasteiger partial charge in [-0.05, 0) is 12.1 Å². The molecule has 4 atom stereocenters. The molecule has 11 nitrogen and oxygen atoms in total. The Morgan fingerprint density at radius 1 is 1.28 bits per heavy atom. The molecule has 1 aromatic carbocycles. The average Bonchev–Trinajstić information content (AvgIpc) is 3.07. The SMILES string of the molecule is O=[N+]([O-])c1ccc(OCc2cn([C@@H]3OC[C@@H](O)[C@H](O)[C@H]3O)nn2)cc1. The molecule has 0 saturated carbocycles. The van der Waals surface area contributed by atoms with Crippen LogP contribution in [0.2, 0.25) is 0 Å². The van der Waals surface area contributed by atoms with E-state index in [0.29, 0.717) is 11.4 Å². The Kier molecular flexibility index (Phi) is 4.90. The van der Waals surface area contributed by atoms with Gasteiger partial charge in [-0.1, -0.05) is 5.21 Å². The molecular formula is C14H16N4O7. The molecule has 2 heterocycles. The summed E-state index contributed by atoms with van der Waals surface area (Å²) in [5.74, 6) is 0.424. The van der Waals surface area contributed by atoms with E-state index in [2.05, 4.69) is 10.3 Å². The van der Waals surface area contributed by atoms with E-state index in [9.17, 15) is 25.4 Å². The first-order valence-electron chi connectivity index (χ1n) is 7.39. The number of aliphatic hydroxyl groups is 3. The van der Waals surface area contributed by atoms with E-state index in [1.54, 1.807) is 0 Å². The number of rotatable bonds is 5. The van der Waals surface area contributed by atoms with Crippen LogP contribution in [0.4, 0.5) is 5.69 Å². The number of nitro benzene ring substituents is 1. The molecule has 25 heavy (non-hydrogen) atoms. The standard InChI is InChI=1S/C14H16N4O7/c19-11-7-25-14(13(21)12(11)20)17-5-8(15-16-17)6-24-10-3-1-9(2-4-10)18(22)23/h1-5,11-14,19-21H,6-7H2/t11-,12+,13-,14-/m1/s1. The molecule has 0 aliphatic carbocycles. The van der Waals surface area contributed by atoms with Crippen molar-refractivity contribution >= 4 is 5.69 Å². The molecule has 134 valence electrons. The minimum Gasteiger partial charge on any atom is -0.487 e. The Balaban J connectivity index is 1.61. The van der Waals surface area contributed by atoms with Gasteiger partial charge in [0.2, 0.25) is 0 Å². The predicted molar refractivity (Wildman–Crippen MR) is 80.5 cm³/mol. The van der Waals surface area contributed by atoms with Crippen molar-refractivity contribution in [3.05, 3.63) is 46.3 Å². The first-order valence-corrected chi connectivity index (χ1v) is 7.39. The number of aromatic nitrogens is 3. The molecule has 1 aliphatic heterocycles. The van der Waals surface area contributed by atoms with Gasteiger partial charge in [-0.2, -0.15) is 0 Å². The third-order valence-electron chi connectivity index (χ3n) is 3.73. The van der Waals surface area contributed by atoms with Crippen molar-refractivity contribution < 1.29 is 29.7 Å². The second-order valence-corrected chi connectivity index (χ2v) is 5.50. The van der Waals surface area contributed by atoms with Gasteiger partial charge in [0.25, 0.3) is 5.69 Å². The van der Waals surface area contributed by atoms with Crippen LogP contribution in [0.3, 0.4) is 0 Å². The summed E-state index contributed by atoms with van der Waals surface area (Å²) in [5, 5.41) is 47.3. The van der Waals surface area contributed by atoms with Crippen molar-refractivity contribution in [1.29, 1.82) is 0 Å². The third-order valence-corrected chi connectivity index (χ3v) is 3.73. The van der Waals surface area contributed by atoms with Gasteiger partial charge in [0.15, 0.2) is 6.23 Å². The van der Waals surface area contributed by atoms with E-state index in [1.807, 2.05) is 0 Å². The van der Waals surface area contributed by atoms with Crippen molar-refractivity contribution in [2.24, 2.45) is 0 Å². The smallest absolute Gasteiger partial charge is 0.269 e. The van der Waals surface area contributed by atoms with Crippen LogP contribution in [0.15, 0.2) is 30.5 Å². The average molecular weight is 352 g/mol. The summed E-state index contributed by atoms with van der Waals surface area (Å²) >= 11 is 0. The molecular weight excluding hydrogens is 336 g/mol. The number of nitro groups is 1. The summed E-state index contributed by atoms with van der Waals surface area (Å²) < 4.78 is 12.0. The maximum atomic E-state index is 10.6. The van der Waals surface area contributed by atoms with Crippen LogP contribution < -0.4 is 4.74 Å². The highest BCUT2D eigenvalue weighted by atomic mass is 16.6. The molecule has 3 rings (SSSR count). The van der Waals surface area contributed by atoms with E-state index >= 15 is 0 Å². The summed E-state index contributed by atoms with van der Waals surface area (Å²) in [5.41, 5.74) is 0.386. The number of nitrogens with zero attached hydrogens (tertiary/aromatic N) is 4. The summed E-state index contributed by atoms with van der Waals surface area (Å²) in [6, 6.07) is 5.58. The largest absolute Gasteiger partial charge is 0.487 e. The fourth-order valence-corrected chi connectivity index (χ4v) is 2.35. The highest BCUT2D eigenvalue weighted by Gasteiger charge is 2.39. The van der Waals surface area contributed by atoms with Crippen LogP contribution in [-0.4, -0.2) is 60.2 Å². The summed E-state index contributed by atoms with van der Waals surface area (Å²) in [6.07, 6.45) is -3.36. The minimum absolute atomic E-state index is 0.0394. The lowest BCUT2D eigenvalue weighted by Gasteiger charge is -2.34. The second-order valence-electron chi connectivity index (χ2n) is 5.50.